The molecule has 6 heteroatoms. The van der Waals surface area contributed by atoms with Crippen molar-refractivity contribution < 1.29 is 14.7 Å². The van der Waals surface area contributed by atoms with Crippen molar-refractivity contribution in [3.63, 3.8) is 0 Å². The summed E-state index contributed by atoms with van der Waals surface area (Å²) in [4.78, 5) is 22.3. The van der Waals surface area contributed by atoms with Gasteiger partial charge < -0.3 is 15.7 Å². The fraction of sp³-hybridized carbons (Fsp3) is 0.867. The lowest BCUT2D eigenvalue weighted by Gasteiger charge is -2.35. The van der Waals surface area contributed by atoms with Crippen molar-refractivity contribution in [2.45, 2.75) is 56.6 Å². The fourth-order valence-corrected chi connectivity index (χ4v) is 3.61. The highest BCUT2D eigenvalue weighted by Gasteiger charge is 2.31. The normalized spacial score (nSPS) is 18.8. The summed E-state index contributed by atoms with van der Waals surface area (Å²) >= 11 is 1.86. The highest BCUT2D eigenvalue weighted by molar-refractivity contribution is 8.00. The van der Waals surface area contributed by atoms with Crippen LogP contribution in [0.5, 0.6) is 0 Å². The Kier molecular flexibility index (Phi) is 7.93. The third-order valence-corrected chi connectivity index (χ3v) is 5.65. The molecule has 0 heterocycles. The Bertz CT molecular complexity index is 344. The number of hydrogen-bond acceptors (Lipinski definition) is 3. The van der Waals surface area contributed by atoms with Gasteiger partial charge in [-0.3, -0.25) is 4.79 Å². The third kappa shape index (κ3) is 7.07. The molecule has 1 saturated carbocycles. The molecule has 0 bridgehead atoms. The van der Waals surface area contributed by atoms with Gasteiger partial charge in [-0.15, -0.1) is 0 Å². The number of carboxylic acids is 1. The van der Waals surface area contributed by atoms with Crippen LogP contribution in [-0.2, 0) is 4.79 Å². The molecule has 1 aliphatic carbocycles. The van der Waals surface area contributed by atoms with Crippen molar-refractivity contribution in [1.82, 2.24) is 10.6 Å². The number of rotatable bonds is 8. The van der Waals surface area contributed by atoms with E-state index in [9.17, 15) is 9.59 Å². The first-order valence-electron chi connectivity index (χ1n) is 7.76. The van der Waals surface area contributed by atoms with Gasteiger partial charge in [0, 0.05) is 24.3 Å². The van der Waals surface area contributed by atoms with Crippen LogP contribution in [0.25, 0.3) is 0 Å². The van der Waals surface area contributed by atoms with Crippen molar-refractivity contribution in [1.29, 1.82) is 0 Å². The van der Waals surface area contributed by atoms with E-state index >= 15 is 0 Å². The van der Waals surface area contributed by atoms with Crippen molar-refractivity contribution in [3.05, 3.63) is 0 Å². The zero-order valence-corrected chi connectivity index (χ0v) is 13.9. The minimum absolute atomic E-state index is 0.142. The van der Waals surface area contributed by atoms with E-state index in [1.165, 1.54) is 32.1 Å². The molecule has 0 spiro atoms. The molecule has 5 nitrogen and oxygen atoms in total. The molecule has 1 aliphatic rings. The molecule has 0 saturated heterocycles. The minimum Gasteiger partial charge on any atom is -0.481 e. The Hall–Kier alpha value is -0.910. The Morgan fingerprint density at radius 1 is 1.24 bits per heavy atom. The summed E-state index contributed by atoms with van der Waals surface area (Å²) in [5, 5.41) is 14.4. The van der Waals surface area contributed by atoms with Crippen molar-refractivity contribution in [2.24, 2.45) is 5.92 Å². The van der Waals surface area contributed by atoms with Crippen LogP contribution in [0.1, 0.15) is 51.9 Å². The highest BCUT2D eigenvalue weighted by atomic mass is 32.2. The number of nitrogens with one attached hydrogen (secondary N) is 2. The lowest BCUT2D eigenvalue weighted by molar-refractivity contribution is -0.137. The zero-order chi connectivity index (χ0) is 15.7. The summed E-state index contributed by atoms with van der Waals surface area (Å²) in [6.07, 6.45) is 9.00. The number of hydrogen-bond donors (Lipinski definition) is 3. The van der Waals surface area contributed by atoms with Crippen LogP contribution in [0.3, 0.4) is 0 Å². The van der Waals surface area contributed by atoms with E-state index in [0.29, 0.717) is 19.5 Å². The summed E-state index contributed by atoms with van der Waals surface area (Å²) < 4.78 is 0.199. The lowest BCUT2D eigenvalue weighted by atomic mass is 9.88. The first kappa shape index (κ1) is 18.1. The molecule has 3 N–H and O–H groups in total. The largest absolute Gasteiger partial charge is 0.481 e. The number of thioether (sulfide) groups is 1. The molecular weight excluding hydrogens is 288 g/mol. The van der Waals surface area contributed by atoms with Gasteiger partial charge in [0.25, 0.3) is 0 Å². The maximum atomic E-state index is 11.8. The maximum Gasteiger partial charge on any atom is 0.314 e. The minimum atomic E-state index is -0.787. The van der Waals surface area contributed by atoms with E-state index in [-0.39, 0.29) is 23.1 Å². The summed E-state index contributed by atoms with van der Waals surface area (Å²) in [6.45, 7) is 3.18. The van der Waals surface area contributed by atoms with Gasteiger partial charge in [-0.2, -0.15) is 11.8 Å². The smallest absolute Gasteiger partial charge is 0.314 e. The van der Waals surface area contributed by atoms with Gasteiger partial charge in [-0.05, 0) is 31.4 Å². The van der Waals surface area contributed by atoms with Gasteiger partial charge in [0.1, 0.15) is 0 Å². The average molecular weight is 316 g/mol. The fourth-order valence-electron chi connectivity index (χ4n) is 2.69. The van der Waals surface area contributed by atoms with Crippen LogP contribution >= 0.6 is 11.8 Å². The first-order chi connectivity index (χ1) is 9.97. The van der Waals surface area contributed by atoms with Crippen molar-refractivity contribution >= 4 is 23.8 Å². The van der Waals surface area contributed by atoms with Crippen LogP contribution in [0.15, 0.2) is 0 Å². The number of amides is 2. The Balaban J connectivity index is 2.22. The Labute approximate surface area is 131 Å². The monoisotopic (exact) mass is 316 g/mol. The molecule has 122 valence electrons. The van der Waals surface area contributed by atoms with Crippen LogP contribution in [0, 0.1) is 5.92 Å². The number of carbonyl (C=O) groups excluding carboxylic acids is 1. The Morgan fingerprint density at radius 3 is 2.48 bits per heavy atom. The van der Waals surface area contributed by atoms with E-state index in [2.05, 4.69) is 16.9 Å². The summed E-state index contributed by atoms with van der Waals surface area (Å²) in [6, 6.07) is -0.142. The second-order valence-electron chi connectivity index (χ2n) is 6.05. The first-order valence-corrected chi connectivity index (χ1v) is 8.98. The SMILES string of the molecule is CSC1(CNC(=O)NCC(C)CCC(=O)O)CCCCC1. The lowest BCUT2D eigenvalue weighted by Crippen LogP contribution is -2.46. The van der Waals surface area contributed by atoms with Crippen LogP contribution in [-0.4, -0.2) is 41.2 Å². The number of urea groups is 1. The molecule has 21 heavy (non-hydrogen) atoms. The van der Waals surface area contributed by atoms with Gasteiger partial charge in [-0.1, -0.05) is 26.2 Å². The van der Waals surface area contributed by atoms with Crippen LogP contribution < -0.4 is 10.6 Å². The third-order valence-electron chi connectivity index (χ3n) is 4.23. The molecule has 2 amide bonds. The molecule has 1 atom stereocenters. The molecule has 0 aromatic carbocycles. The molecule has 1 rings (SSSR count). The van der Waals surface area contributed by atoms with Crippen LogP contribution in [0.4, 0.5) is 4.79 Å². The summed E-state index contributed by atoms with van der Waals surface area (Å²) in [7, 11) is 0. The predicted molar refractivity (Wildman–Crippen MR) is 86.8 cm³/mol. The van der Waals surface area contributed by atoms with E-state index < -0.39 is 5.97 Å². The van der Waals surface area contributed by atoms with E-state index in [1.54, 1.807) is 0 Å². The second-order valence-corrected chi connectivity index (χ2v) is 7.32. The van der Waals surface area contributed by atoms with Gasteiger partial charge in [0.05, 0.1) is 0 Å². The molecule has 0 aliphatic heterocycles. The zero-order valence-electron chi connectivity index (χ0n) is 13.1. The standard InChI is InChI=1S/C15H28N2O3S/c1-12(6-7-13(18)19)10-16-14(20)17-11-15(21-2)8-4-3-5-9-15/h12H,3-11H2,1-2H3,(H,18,19)(H2,16,17,20). The van der Waals surface area contributed by atoms with Gasteiger partial charge >= 0.3 is 12.0 Å². The van der Waals surface area contributed by atoms with Crippen LogP contribution in [0.2, 0.25) is 0 Å². The van der Waals surface area contributed by atoms with Crippen molar-refractivity contribution in [2.75, 3.05) is 19.3 Å². The van der Waals surface area contributed by atoms with E-state index in [4.69, 9.17) is 5.11 Å². The van der Waals surface area contributed by atoms with E-state index in [1.807, 2.05) is 18.7 Å². The van der Waals surface area contributed by atoms with Gasteiger partial charge in [0.2, 0.25) is 0 Å². The molecular formula is C15H28N2O3S. The number of carboxylic acid groups (broad SMARTS) is 1. The second kappa shape index (κ2) is 9.18. The number of carbonyl (C=O) groups is 2. The van der Waals surface area contributed by atoms with Gasteiger partial charge in [0.15, 0.2) is 0 Å². The molecule has 0 aromatic rings. The quantitative estimate of drug-likeness (QED) is 0.643. The van der Waals surface area contributed by atoms with Crippen molar-refractivity contribution in [3.8, 4) is 0 Å². The number of aliphatic carboxylic acids is 1. The van der Waals surface area contributed by atoms with Gasteiger partial charge in [-0.25, -0.2) is 4.79 Å². The molecule has 0 radical (unpaired) electrons. The topological polar surface area (TPSA) is 78.4 Å². The summed E-state index contributed by atoms with van der Waals surface area (Å²) in [5.74, 6) is -0.610. The summed E-state index contributed by atoms with van der Waals surface area (Å²) in [5.41, 5.74) is 0. The molecule has 1 unspecified atom stereocenters. The highest BCUT2D eigenvalue weighted by Crippen LogP contribution is 2.37. The Morgan fingerprint density at radius 2 is 1.90 bits per heavy atom. The predicted octanol–water partition coefficient (Wildman–Crippen LogP) is 2.85. The molecule has 0 aromatic heterocycles. The average Bonchev–Trinajstić information content (AvgIpc) is 2.49. The van der Waals surface area contributed by atoms with E-state index in [0.717, 1.165) is 0 Å². The maximum absolute atomic E-state index is 11.8. The molecule has 1 fully saturated rings.